The van der Waals surface area contributed by atoms with E-state index in [0.717, 1.165) is 0 Å². The number of rotatable bonds is 4. The fourth-order valence-electron chi connectivity index (χ4n) is 2.74. The number of carbonyl (C=O) groups excluding carboxylic acids is 2. The lowest BCUT2D eigenvalue weighted by molar-refractivity contribution is -0.117. The average molecular weight is 368 g/mol. The fraction of sp³-hybridized carbons (Fsp3) is 0.238. The van der Waals surface area contributed by atoms with Crippen molar-refractivity contribution in [2.45, 2.75) is 27.2 Å². The van der Waals surface area contributed by atoms with Gasteiger partial charge in [-0.2, -0.15) is 0 Å². The first-order valence-corrected chi connectivity index (χ1v) is 8.62. The summed E-state index contributed by atoms with van der Waals surface area (Å²) in [7, 11) is 0. The van der Waals surface area contributed by atoms with Gasteiger partial charge in [-0.3, -0.25) is 9.59 Å². The topological polar surface area (TPSA) is 71.3 Å². The van der Waals surface area contributed by atoms with Crippen LogP contribution in [0.5, 0.6) is 0 Å². The summed E-state index contributed by atoms with van der Waals surface area (Å²) >= 11 is 0. The third kappa shape index (κ3) is 4.34. The van der Waals surface area contributed by atoms with Gasteiger partial charge >= 0.3 is 0 Å². The molecule has 0 bridgehead atoms. The first kappa shape index (κ1) is 18.6. The molecule has 2 amide bonds. The molecule has 0 saturated heterocycles. The lowest BCUT2D eigenvalue weighted by Crippen LogP contribution is -2.21. The maximum Gasteiger partial charge on any atom is 0.293 e. The number of hydrogen-bond acceptors (Lipinski definition) is 3. The summed E-state index contributed by atoms with van der Waals surface area (Å²) < 4.78 is 19.5. The third-order valence-corrected chi connectivity index (χ3v) is 3.88. The second kappa shape index (κ2) is 7.23. The van der Waals surface area contributed by atoms with Gasteiger partial charge in [0.2, 0.25) is 11.7 Å². The number of fused-ring (bicyclic) bond motifs is 1. The zero-order valence-electron chi connectivity index (χ0n) is 15.4. The molecule has 5 nitrogen and oxygen atoms in total. The number of anilines is 2. The Morgan fingerprint density at radius 2 is 1.67 bits per heavy atom. The van der Waals surface area contributed by atoms with E-state index in [-0.39, 0.29) is 34.9 Å². The van der Waals surface area contributed by atoms with Crippen LogP contribution < -0.4 is 10.6 Å². The molecular weight excluding hydrogens is 347 g/mol. The van der Waals surface area contributed by atoms with Crippen molar-refractivity contribution in [3.63, 3.8) is 0 Å². The zero-order valence-corrected chi connectivity index (χ0v) is 15.4. The van der Waals surface area contributed by atoms with E-state index < -0.39 is 11.7 Å². The van der Waals surface area contributed by atoms with Crippen LogP contribution in [0.1, 0.15) is 37.7 Å². The monoisotopic (exact) mass is 368 g/mol. The number of amides is 2. The zero-order chi connectivity index (χ0) is 19.6. The van der Waals surface area contributed by atoms with Crippen LogP contribution >= 0.6 is 0 Å². The van der Waals surface area contributed by atoms with E-state index in [2.05, 4.69) is 10.6 Å². The van der Waals surface area contributed by atoms with Crippen LogP contribution in [0.25, 0.3) is 11.0 Å². The fourth-order valence-corrected chi connectivity index (χ4v) is 2.74. The molecule has 140 valence electrons. The second-order valence-electron chi connectivity index (χ2n) is 7.52. The molecule has 2 N–H and O–H groups in total. The summed E-state index contributed by atoms with van der Waals surface area (Å²) in [6, 6.07) is 12.9. The van der Waals surface area contributed by atoms with E-state index in [1.165, 1.54) is 18.2 Å². The van der Waals surface area contributed by atoms with Crippen LogP contribution in [0.4, 0.5) is 15.8 Å². The third-order valence-electron chi connectivity index (χ3n) is 3.88. The Balaban J connectivity index is 1.96. The SMILES string of the molecule is CC(C)(C)CC(=O)Nc1c(C(=O)Nc2ccccc2F)oc2ccccc12. The van der Waals surface area contributed by atoms with Crippen LogP contribution in [0, 0.1) is 11.2 Å². The minimum absolute atomic E-state index is 0.0370. The number of benzene rings is 2. The molecule has 0 fully saturated rings. The van der Waals surface area contributed by atoms with Gasteiger partial charge in [0.25, 0.3) is 5.91 Å². The Hall–Kier alpha value is -3.15. The van der Waals surface area contributed by atoms with Gasteiger partial charge < -0.3 is 15.1 Å². The summed E-state index contributed by atoms with van der Waals surface area (Å²) in [6.45, 7) is 5.85. The average Bonchev–Trinajstić information content (AvgIpc) is 2.94. The molecule has 3 rings (SSSR count). The highest BCUT2D eigenvalue weighted by atomic mass is 19.1. The second-order valence-corrected chi connectivity index (χ2v) is 7.52. The largest absolute Gasteiger partial charge is 0.449 e. The molecule has 0 aliphatic carbocycles. The van der Waals surface area contributed by atoms with Gasteiger partial charge in [-0.15, -0.1) is 0 Å². The maximum atomic E-state index is 13.9. The van der Waals surface area contributed by atoms with Crippen molar-refractivity contribution in [1.82, 2.24) is 0 Å². The van der Waals surface area contributed by atoms with Crippen molar-refractivity contribution in [2.24, 2.45) is 5.41 Å². The standard InChI is InChI=1S/C21H21FN2O3/c1-21(2,3)12-17(25)24-18-13-8-4-7-11-16(13)27-19(18)20(26)23-15-10-6-5-9-14(15)22/h4-11H,12H2,1-3H3,(H,23,26)(H,24,25). The van der Waals surface area contributed by atoms with E-state index in [4.69, 9.17) is 4.42 Å². The molecule has 0 atom stereocenters. The number of halogens is 1. The molecule has 3 aromatic rings. The van der Waals surface area contributed by atoms with E-state index in [9.17, 15) is 14.0 Å². The number of carbonyl (C=O) groups is 2. The highest BCUT2D eigenvalue weighted by Crippen LogP contribution is 2.32. The normalized spacial score (nSPS) is 11.4. The van der Waals surface area contributed by atoms with Gasteiger partial charge in [0, 0.05) is 11.8 Å². The lowest BCUT2D eigenvalue weighted by Gasteiger charge is -2.17. The highest BCUT2D eigenvalue weighted by molar-refractivity contribution is 6.14. The van der Waals surface area contributed by atoms with Crippen LogP contribution in [-0.2, 0) is 4.79 Å². The molecule has 0 aliphatic heterocycles. The highest BCUT2D eigenvalue weighted by Gasteiger charge is 2.24. The van der Waals surface area contributed by atoms with Gasteiger partial charge in [0.15, 0.2) is 0 Å². The molecule has 2 aromatic carbocycles. The van der Waals surface area contributed by atoms with E-state index in [1.54, 1.807) is 30.3 Å². The van der Waals surface area contributed by atoms with Gasteiger partial charge in [0.05, 0.1) is 5.69 Å². The summed E-state index contributed by atoms with van der Waals surface area (Å²) in [5, 5.41) is 5.88. The van der Waals surface area contributed by atoms with Gasteiger partial charge in [-0.1, -0.05) is 45.0 Å². The number of para-hydroxylation sites is 2. The minimum atomic E-state index is -0.637. The molecule has 1 heterocycles. The van der Waals surface area contributed by atoms with Gasteiger partial charge in [-0.05, 0) is 29.7 Å². The molecular formula is C21H21FN2O3. The Labute approximate surface area is 156 Å². The Morgan fingerprint density at radius 3 is 2.37 bits per heavy atom. The molecule has 0 unspecified atom stereocenters. The molecule has 0 saturated carbocycles. The van der Waals surface area contributed by atoms with Crippen molar-refractivity contribution in [3.05, 3.63) is 60.1 Å². The van der Waals surface area contributed by atoms with Crippen LogP contribution in [-0.4, -0.2) is 11.8 Å². The molecule has 0 aliphatic rings. The Kier molecular flexibility index (Phi) is 4.99. The summed E-state index contributed by atoms with van der Waals surface area (Å²) in [5.41, 5.74) is 0.574. The Bertz CT molecular complexity index is 1000. The molecule has 0 radical (unpaired) electrons. The van der Waals surface area contributed by atoms with Crippen molar-refractivity contribution in [2.75, 3.05) is 10.6 Å². The quantitative estimate of drug-likeness (QED) is 0.665. The van der Waals surface area contributed by atoms with Crippen LogP contribution in [0.15, 0.2) is 52.9 Å². The molecule has 1 aromatic heterocycles. The minimum Gasteiger partial charge on any atom is -0.449 e. The van der Waals surface area contributed by atoms with Crippen LogP contribution in [0.2, 0.25) is 0 Å². The van der Waals surface area contributed by atoms with Crippen LogP contribution in [0.3, 0.4) is 0 Å². The number of furan rings is 1. The van der Waals surface area contributed by atoms with E-state index >= 15 is 0 Å². The lowest BCUT2D eigenvalue weighted by atomic mass is 9.92. The molecule has 0 spiro atoms. The first-order valence-electron chi connectivity index (χ1n) is 8.62. The summed E-state index contributed by atoms with van der Waals surface area (Å²) in [4.78, 5) is 25.1. The van der Waals surface area contributed by atoms with Gasteiger partial charge in [-0.25, -0.2) is 4.39 Å². The van der Waals surface area contributed by atoms with Gasteiger partial charge in [0.1, 0.15) is 17.1 Å². The van der Waals surface area contributed by atoms with E-state index in [1.807, 2.05) is 20.8 Å². The summed E-state index contributed by atoms with van der Waals surface area (Å²) in [6.07, 6.45) is 0.279. The predicted molar refractivity (Wildman–Crippen MR) is 103 cm³/mol. The van der Waals surface area contributed by atoms with Crippen molar-refractivity contribution < 1.29 is 18.4 Å². The van der Waals surface area contributed by atoms with Crippen molar-refractivity contribution in [3.8, 4) is 0 Å². The Morgan fingerprint density at radius 1 is 1.00 bits per heavy atom. The first-order chi connectivity index (χ1) is 12.7. The van der Waals surface area contributed by atoms with Crippen molar-refractivity contribution in [1.29, 1.82) is 0 Å². The van der Waals surface area contributed by atoms with E-state index in [0.29, 0.717) is 11.0 Å². The number of hydrogen-bond donors (Lipinski definition) is 2. The smallest absolute Gasteiger partial charge is 0.293 e. The predicted octanol–water partition coefficient (Wildman–Crippen LogP) is 5.20. The number of nitrogens with one attached hydrogen (secondary N) is 2. The van der Waals surface area contributed by atoms with Crippen molar-refractivity contribution >= 4 is 34.2 Å². The summed E-state index contributed by atoms with van der Waals surface area (Å²) in [5.74, 6) is -1.49. The molecule has 6 heteroatoms. The maximum absolute atomic E-state index is 13.9. The molecule has 27 heavy (non-hydrogen) atoms.